The molecule has 0 saturated heterocycles. The lowest BCUT2D eigenvalue weighted by molar-refractivity contribution is 0.620. The van der Waals surface area contributed by atoms with E-state index >= 15 is 0 Å². The number of unbranched alkanes of at least 4 members (excludes halogenated alkanes) is 2. The average molecular weight is 248 g/mol. The Balaban J connectivity index is 3.68. The fourth-order valence-corrected chi connectivity index (χ4v) is 4.61. The van der Waals surface area contributed by atoms with E-state index in [0.717, 1.165) is 12.8 Å². The Morgan fingerprint density at radius 2 is 1.67 bits per heavy atom. The summed E-state index contributed by atoms with van der Waals surface area (Å²) in [5.41, 5.74) is 0.356. The standard InChI is InChI=1S/C8H17Cl3Si/c1-3-5-6-7-8(4-2)12(9,10)11/h8H,3-7H2,1-2H3. The largest absolute Gasteiger partial charge is 0.344 e. The van der Waals surface area contributed by atoms with E-state index in [0.29, 0.717) is 5.54 Å². The molecule has 1 atom stereocenters. The maximum absolute atomic E-state index is 5.95. The molecule has 0 heterocycles. The molecule has 0 bridgehead atoms. The second-order valence-corrected chi connectivity index (χ2v) is 12.1. The van der Waals surface area contributed by atoms with Gasteiger partial charge in [-0.1, -0.05) is 39.5 Å². The molecule has 0 N–H and O–H groups in total. The van der Waals surface area contributed by atoms with E-state index in [9.17, 15) is 0 Å². The second kappa shape index (κ2) is 6.53. The molecular weight excluding hydrogens is 231 g/mol. The highest BCUT2D eigenvalue weighted by Gasteiger charge is 2.34. The van der Waals surface area contributed by atoms with Gasteiger partial charge in [-0.15, -0.1) is 33.2 Å². The molecule has 0 rings (SSSR count). The van der Waals surface area contributed by atoms with Gasteiger partial charge in [0.25, 0.3) is 0 Å². The fraction of sp³-hybridized carbons (Fsp3) is 1.00. The highest BCUT2D eigenvalue weighted by atomic mass is 35.8. The zero-order valence-electron chi connectivity index (χ0n) is 7.75. The molecule has 1 unspecified atom stereocenters. The molecule has 0 aliphatic rings. The summed E-state index contributed by atoms with van der Waals surface area (Å²) in [4.78, 5) is 0. The highest BCUT2D eigenvalue weighted by molar-refractivity contribution is 7.65. The normalized spacial score (nSPS) is 14.8. The molecule has 12 heavy (non-hydrogen) atoms. The van der Waals surface area contributed by atoms with Crippen molar-refractivity contribution in [1.82, 2.24) is 0 Å². The minimum Gasteiger partial charge on any atom is -0.126 e. The average Bonchev–Trinajstić information content (AvgIpc) is 1.95. The van der Waals surface area contributed by atoms with E-state index in [1.54, 1.807) is 0 Å². The predicted molar refractivity (Wildman–Crippen MR) is 61.5 cm³/mol. The number of hydrogen-bond acceptors (Lipinski definition) is 0. The summed E-state index contributed by atoms with van der Waals surface area (Å²) < 4.78 is 0. The molecule has 0 nitrogen and oxygen atoms in total. The van der Waals surface area contributed by atoms with Crippen LogP contribution in [-0.2, 0) is 0 Å². The smallest absolute Gasteiger partial charge is 0.126 e. The van der Waals surface area contributed by atoms with Gasteiger partial charge in [0.05, 0.1) is 0 Å². The Kier molecular flexibility index (Phi) is 7.12. The van der Waals surface area contributed by atoms with Crippen LogP contribution in [0.4, 0.5) is 0 Å². The Bertz CT molecular complexity index is 111. The van der Waals surface area contributed by atoms with Gasteiger partial charge in [-0.3, -0.25) is 0 Å². The molecule has 0 aliphatic heterocycles. The van der Waals surface area contributed by atoms with Crippen LogP contribution in [0, 0.1) is 0 Å². The lowest BCUT2D eigenvalue weighted by atomic mass is 10.1. The summed E-state index contributed by atoms with van der Waals surface area (Å²) in [6.07, 6.45) is 5.79. The quantitative estimate of drug-likeness (QED) is 0.352. The molecule has 0 saturated carbocycles. The first-order valence-corrected chi connectivity index (χ1v) is 9.70. The number of halogens is 3. The van der Waals surface area contributed by atoms with Crippen molar-refractivity contribution in [2.24, 2.45) is 0 Å². The van der Waals surface area contributed by atoms with Gasteiger partial charge in [0.2, 0.25) is 0 Å². The molecule has 4 heteroatoms. The molecule has 0 spiro atoms. The lowest BCUT2D eigenvalue weighted by Gasteiger charge is -2.19. The number of rotatable bonds is 6. The van der Waals surface area contributed by atoms with Crippen molar-refractivity contribution >= 4 is 39.2 Å². The van der Waals surface area contributed by atoms with Gasteiger partial charge in [0.15, 0.2) is 0 Å². The van der Waals surface area contributed by atoms with E-state index in [2.05, 4.69) is 13.8 Å². The van der Waals surface area contributed by atoms with Crippen LogP contribution in [0.25, 0.3) is 0 Å². The van der Waals surface area contributed by atoms with Crippen molar-refractivity contribution in [3.05, 3.63) is 0 Å². The summed E-state index contributed by atoms with van der Waals surface area (Å²) >= 11 is 17.8. The first kappa shape index (κ1) is 13.1. The highest BCUT2D eigenvalue weighted by Crippen LogP contribution is 2.39. The molecule has 74 valence electrons. The zero-order chi connectivity index (χ0) is 9.61. The van der Waals surface area contributed by atoms with Crippen molar-refractivity contribution in [2.45, 2.75) is 51.5 Å². The minimum atomic E-state index is -2.42. The zero-order valence-corrected chi connectivity index (χ0v) is 11.0. The maximum Gasteiger partial charge on any atom is 0.344 e. The Hall–Kier alpha value is 1.09. The minimum absolute atomic E-state index is 0.356. The summed E-state index contributed by atoms with van der Waals surface area (Å²) in [5, 5.41) is 0. The first-order valence-electron chi connectivity index (χ1n) is 4.59. The van der Waals surface area contributed by atoms with Gasteiger partial charge in [-0.05, 0) is 12.0 Å². The summed E-state index contributed by atoms with van der Waals surface area (Å²) in [6, 6.07) is -2.42. The third kappa shape index (κ3) is 5.68. The number of hydrogen-bond donors (Lipinski definition) is 0. The Morgan fingerprint density at radius 3 is 2.00 bits per heavy atom. The van der Waals surface area contributed by atoms with Crippen LogP contribution in [0.3, 0.4) is 0 Å². The van der Waals surface area contributed by atoms with Crippen LogP contribution < -0.4 is 0 Å². The van der Waals surface area contributed by atoms with E-state index in [-0.39, 0.29) is 0 Å². The first-order chi connectivity index (χ1) is 5.52. The molecular formula is C8H17Cl3Si. The predicted octanol–water partition coefficient (Wildman–Crippen LogP) is 5.00. The lowest BCUT2D eigenvalue weighted by Crippen LogP contribution is -2.19. The molecule has 0 amide bonds. The van der Waals surface area contributed by atoms with Gasteiger partial charge in [0, 0.05) is 0 Å². The molecule has 0 aromatic heterocycles. The monoisotopic (exact) mass is 246 g/mol. The van der Waals surface area contributed by atoms with E-state index in [1.807, 2.05) is 0 Å². The molecule has 0 aromatic rings. The fourth-order valence-electron chi connectivity index (χ4n) is 1.24. The van der Waals surface area contributed by atoms with Gasteiger partial charge < -0.3 is 0 Å². The van der Waals surface area contributed by atoms with Crippen molar-refractivity contribution in [3.8, 4) is 0 Å². The molecule has 0 aromatic carbocycles. The third-order valence-corrected chi connectivity index (χ3v) is 6.51. The summed E-state index contributed by atoms with van der Waals surface area (Å²) in [7, 11) is 0. The van der Waals surface area contributed by atoms with Crippen LogP contribution in [0.2, 0.25) is 5.54 Å². The van der Waals surface area contributed by atoms with Gasteiger partial charge >= 0.3 is 6.00 Å². The summed E-state index contributed by atoms with van der Waals surface area (Å²) in [6.45, 7) is 4.29. The van der Waals surface area contributed by atoms with Crippen LogP contribution in [0.15, 0.2) is 0 Å². The van der Waals surface area contributed by atoms with Crippen LogP contribution in [0.5, 0.6) is 0 Å². The second-order valence-electron chi connectivity index (χ2n) is 3.14. The molecule has 0 aliphatic carbocycles. The van der Waals surface area contributed by atoms with Crippen LogP contribution in [-0.4, -0.2) is 6.00 Å². The topological polar surface area (TPSA) is 0 Å². The van der Waals surface area contributed by atoms with Gasteiger partial charge in [-0.25, -0.2) is 0 Å². The van der Waals surface area contributed by atoms with Gasteiger partial charge in [-0.2, -0.15) is 0 Å². The van der Waals surface area contributed by atoms with Gasteiger partial charge in [0.1, 0.15) is 0 Å². The van der Waals surface area contributed by atoms with Crippen LogP contribution in [0.1, 0.15) is 46.0 Å². The van der Waals surface area contributed by atoms with E-state index in [4.69, 9.17) is 33.2 Å². The van der Waals surface area contributed by atoms with Crippen molar-refractivity contribution < 1.29 is 0 Å². The van der Waals surface area contributed by atoms with Crippen molar-refractivity contribution in [2.75, 3.05) is 0 Å². The SMILES string of the molecule is CCCCCC(CC)[Si](Cl)(Cl)Cl. The van der Waals surface area contributed by atoms with Crippen molar-refractivity contribution in [1.29, 1.82) is 0 Å². The van der Waals surface area contributed by atoms with Crippen LogP contribution >= 0.6 is 33.2 Å². The molecule has 0 fully saturated rings. The Morgan fingerprint density at radius 1 is 1.08 bits per heavy atom. The van der Waals surface area contributed by atoms with Crippen molar-refractivity contribution in [3.63, 3.8) is 0 Å². The third-order valence-electron chi connectivity index (χ3n) is 2.11. The van der Waals surface area contributed by atoms with E-state index in [1.165, 1.54) is 19.3 Å². The summed E-state index contributed by atoms with van der Waals surface area (Å²) in [5.74, 6) is 0. The Labute approximate surface area is 90.7 Å². The maximum atomic E-state index is 5.95. The molecule has 0 radical (unpaired) electrons. The van der Waals surface area contributed by atoms with E-state index < -0.39 is 6.00 Å².